The van der Waals surface area contributed by atoms with Gasteiger partial charge in [0.25, 0.3) is 0 Å². The summed E-state index contributed by atoms with van der Waals surface area (Å²) in [5, 5.41) is 9.48. The number of carbonyl (C=O) groups excluding carboxylic acids is 2. The molecule has 0 spiro atoms. The smallest absolute Gasteiger partial charge is 0.449 e. The Bertz CT molecular complexity index is 595. The van der Waals surface area contributed by atoms with Crippen molar-refractivity contribution >= 4 is 11.9 Å². The topological polar surface area (TPSA) is 82.1 Å². The van der Waals surface area contributed by atoms with Crippen molar-refractivity contribution in [2.45, 2.75) is 58.9 Å². The van der Waals surface area contributed by atoms with Crippen molar-refractivity contribution < 1.29 is 55.2 Å². The summed E-state index contributed by atoms with van der Waals surface area (Å²) in [6.07, 6.45) is -14.1. The molecule has 0 aliphatic rings. The molecule has 0 aliphatic carbocycles. The van der Waals surface area contributed by atoms with Crippen LogP contribution in [-0.2, 0) is 23.8 Å². The lowest BCUT2D eigenvalue weighted by molar-refractivity contribution is -0.360. The third-order valence-electron chi connectivity index (χ3n) is 3.46. The fourth-order valence-electron chi connectivity index (χ4n) is 1.67. The first kappa shape index (κ1) is 27.2. The SMILES string of the molecule is C=C(C)C(O)OCC(C)(C)COC(=O)C(OC(=O)C(C)C)(C(F)(F)F)C(F)(F)F. The number of aliphatic hydroxyl groups is 1. The van der Waals surface area contributed by atoms with E-state index in [0.717, 1.165) is 13.8 Å². The van der Waals surface area contributed by atoms with Gasteiger partial charge >= 0.3 is 29.9 Å². The molecule has 1 N–H and O–H groups in total. The Hall–Kier alpha value is -1.82. The average molecular weight is 438 g/mol. The maximum Gasteiger partial charge on any atom is 0.449 e. The number of esters is 2. The van der Waals surface area contributed by atoms with Crippen LogP contribution in [0.3, 0.4) is 0 Å². The van der Waals surface area contributed by atoms with Crippen molar-refractivity contribution in [3.8, 4) is 0 Å². The van der Waals surface area contributed by atoms with E-state index in [4.69, 9.17) is 4.74 Å². The van der Waals surface area contributed by atoms with Crippen LogP contribution in [0.25, 0.3) is 0 Å². The number of alkyl halides is 6. The molecule has 170 valence electrons. The van der Waals surface area contributed by atoms with Gasteiger partial charge in [0.1, 0.15) is 0 Å². The van der Waals surface area contributed by atoms with Crippen LogP contribution in [-0.4, -0.2) is 54.5 Å². The second-order valence-electron chi connectivity index (χ2n) is 7.50. The highest BCUT2D eigenvalue weighted by Crippen LogP contribution is 2.47. The maximum atomic E-state index is 13.3. The summed E-state index contributed by atoms with van der Waals surface area (Å²) in [5.74, 6) is -6.09. The normalized spacial score (nSPS) is 14.5. The first-order chi connectivity index (χ1) is 12.8. The Morgan fingerprint density at radius 1 is 1.00 bits per heavy atom. The summed E-state index contributed by atoms with van der Waals surface area (Å²) in [4.78, 5) is 23.5. The molecule has 0 saturated heterocycles. The minimum absolute atomic E-state index is 0.201. The molecule has 0 amide bonds. The number of hydrogen-bond donors (Lipinski definition) is 1. The lowest BCUT2D eigenvalue weighted by Crippen LogP contribution is -2.66. The summed E-state index contributed by atoms with van der Waals surface area (Å²) in [6.45, 7) is 8.06. The lowest BCUT2D eigenvalue weighted by Gasteiger charge is -2.35. The Morgan fingerprint density at radius 2 is 1.45 bits per heavy atom. The first-order valence-electron chi connectivity index (χ1n) is 8.27. The van der Waals surface area contributed by atoms with Crippen LogP contribution in [0.5, 0.6) is 0 Å². The van der Waals surface area contributed by atoms with E-state index in [-0.39, 0.29) is 5.57 Å². The molecule has 0 rings (SSSR count). The minimum Gasteiger partial charge on any atom is -0.462 e. The van der Waals surface area contributed by atoms with Crippen molar-refractivity contribution in [2.24, 2.45) is 11.3 Å². The first-order valence-corrected chi connectivity index (χ1v) is 8.27. The van der Waals surface area contributed by atoms with Crippen LogP contribution < -0.4 is 0 Å². The van der Waals surface area contributed by atoms with Gasteiger partial charge in [-0.3, -0.25) is 4.79 Å². The highest BCUT2D eigenvalue weighted by Gasteiger charge is 2.80. The van der Waals surface area contributed by atoms with E-state index in [1.165, 1.54) is 20.8 Å². The molecule has 0 saturated carbocycles. The largest absolute Gasteiger partial charge is 0.462 e. The van der Waals surface area contributed by atoms with E-state index in [9.17, 15) is 41.0 Å². The van der Waals surface area contributed by atoms with Gasteiger partial charge < -0.3 is 19.3 Å². The van der Waals surface area contributed by atoms with Crippen molar-refractivity contribution in [3.63, 3.8) is 0 Å². The highest BCUT2D eigenvalue weighted by molar-refractivity contribution is 5.86. The van der Waals surface area contributed by atoms with E-state index in [1.807, 2.05) is 0 Å². The van der Waals surface area contributed by atoms with Gasteiger partial charge in [0, 0.05) is 5.41 Å². The van der Waals surface area contributed by atoms with E-state index < -0.39 is 60.7 Å². The molecule has 0 bridgehead atoms. The van der Waals surface area contributed by atoms with Crippen molar-refractivity contribution in [1.29, 1.82) is 0 Å². The molecule has 6 nitrogen and oxygen atoms in total. The maximum absolute atomic E-state index is 13.3. The zero-order valence-electron chi connectivity index (χ0n) is 16.5. The summed E-state index contributed by atoms with van der Waals surface area (Å²) in [6, 6.07) is 0. The molecule has 12 heteroatoms. The van der Waals surface area contributed by atoms with Gasteiger partial charge in [-0.15, -0.1) is 0 Å². The van der Waals surface area contributed by atoms with E-state index in [2.05, 4.69) is 16.1 Å². The molecular formula is C17H24F6O6. The number of aliphatic hydroxyl groups excluding tert-OH is 1. The Balaban J connectivity index is 5.68. The highest BCUT2D eigenvalue weighted by atomic mass is 19.4. The van der Waals surface area contributed by atoms with Gasteiger partial charge in [0.2, 0.25) is 0 Å². The molecule has 0 heterocycles. The quantitative estimate of drug-likeness (QED) is 0.257. The zero-order valence-corrected chi connectivity index (χ0v) is 16.5. The van der Waals surface area contributed by atoms with Crippen molar-refractivity contribution in [1.82, 2.24) is 0 Å². The zero-order chi connectivity index (χ0) is 23.4. The van der Waals surface area contributed by atoms with Gasteiger partial charge in [-0.05, 0) is 12.5 Å². The van der Waals surface area contributed by atoms with Crippen LogP contribution in [0.4, 0.5) is 26.3 Å². The van der Waals surface area contributed by atoms with E-state index in [1.54, 1.807) is 0 Å². The lowest BCUT2D eigenvalue weighted by atomic mass is 9.96. The standard InChI is InChI=1S/C17H24F6O6/c1-9(2)11(24)27-7-14(5,6)8-28-13(26)15(16(18,19)20,17(21,22)23)29-12(25)10(3)4/h10-11,24H,1,7-8H2,2-6H3. The van der Waals surface area contributed by atoms with Gasteiger partial charge in [0.15, 0.2) is 6.29 Å². The minimum atomic E-state index is -6.33. The number of rotatable bonds is 9. The van der Waals surface area contributed by atoms with E-state index in [0.29, 0.717) is 0 Å². The average Bonchev–Trinajstić information content (AvgIpc) is 2.52. The number of hydrogen-bond acceptors (Lipinski definition) is 6. The third-order valence-corrected chi connectivity index (χ3v) is 3.46. The van der Waals surface area contributed by atoms with Crippen LogP contribution in [0.15, 0.2) is 12.2 Å². The molecule has 0 fully saturated rings. The molecule has 1 atom stereocenters. The van der Waals surface area contributed by atoms with Gasteiger partial charge in [0.05, 0.1) is 19.1 Å². The molecule has 0 aromatic rings. The summed E-state index contributed by atoms with van der Waals surface area (Å²) in [7, 11) is 0. The van der Waals surface area contributed by atoms with Crippen LogP contribution >= 0.6 is 0 Å². The van der Waals surface area contributed by atoms with Crippen molar-refractivity contribution in [3.05, 3.63) is 12.2 Å². The fraction of sp³-hybridized carbons (Fsp3) is 0.765. The van der Waals surface area contributed by atoms with Gasteiger partial charge in [-0.25, -0.2) is 4.79 Å². The molecule has 0 aromatic heterocycles. The van der Waals surface area contributed by atoms with Gasteiger partial charge in [-0.2, -0.15) is 26.3 Å². The Morgan fingerprint density at radius 3 is 1.79 bits per heavy atom. The van der Waals surface area contributed by atoms with Crippen LogP contribution in [0.2, 0.25) is 0 Å². The fourth-order valence-corrected chi connectivity index (χ4v) is 1.67. The summed E-state index contributed by atoms with van der Waals surface area (Å²) in [5.41, 5.74) is -6.57. The predicted molar refractivity (Wildman–Crippen MR) is 87.3 cm³/mol. The predicted octanol–water partition coefficient (Wildman–Crippen LogP) is 3.53. The number of carbonyl (C=O) groups is 2. The third kappa shape index (κ3) is 6.88. The Labute approximate surface area is 163 Å². The molecule has 0 radical (unpaired) electrons. The second kappa shape index (κ2) is 9.33. The van der Waals surface area contributed by atoms with Crippen molar-refractivity contribution in [2.75, 3.05) is 13.2 Å². The molecule has 0 aliphatic heterocycles. The van der Waals surface area contributed by atoms with Crippen LogP contribution in [0.1, 0.15) is 34.6 Å². The molecular weight excluding hydrogens is 414 g/mol. The number of ether oxygens (including phenoxy) is 3. The Kier molecular flexibility index (Phi) is 8.74. The van der Waals surface area contributed by atoms with Gasteiger partial charge in [-0.1, -0.05) is 34.3 Å². The van der Waals surface area contributed by atoms with E-state index >= 15 is 0 Å². The molecule has 1 unspecified atom stereocenters. The molecule has 0 aromatic carbocycles. The monoisotopic (exact) mass is 438 g/mol. The summed E-state index contributed by atoms with van der Waals surface area (Å²) >= 11 is 0. The molecule has 29 heavy (non-hydrogen) atoms. The second-order valence-corrected chi connectivity index (χ2v) is 7.50. The van der Waals surface area contributed by atoms with Crippen LogP contribution in [0, 0.1) is 11.3 Å². The summed E-state index contributed by atoms with van der Waals surface area (Å²) < 4.78 is 92.9. The number of halogens is 6.